The lowest BCUT2D eigenvalue weighted by Gasteiger charge is -2.32. The predicted molar refractivity (Wildman–Crippen MR) is 108 cm³/mol. The lowest BCUT2D eigenvalue weighted by Crippen LogP contribution is -2.40. The molecule has 3 rings (SSSR count). The lowest BCUT2D eigenvalue weighted by molar-refractivity contribution is -0.132. The molecule has 28 heavy (non-hydrogen) atoms. The van der Waals surface area contributed by atoms with E-state index in [1.807, 2.05) is 4.90 Å². The monoisotopic (exact) mass is 410 g/mol. The molecule has 0 bridgehead atoms. The third-order valence-corrected chi connectivity index (χ3v) is 5.09. The highest BCUT2D eigenvalue weighted by molar-refractivity contribution is 5.85. The summed E-state index contributed by atoms with van der Waals surface area (Å²) in [4.78, 5) is 18.7. The van der Waals surface area contributed by atoms with Crippen LogP contribution >= 0.6 is 12.4 Å². The number of aromatic nitrogens is 2. The molecular weight excluding hydrogens is 383 g/mol. The quantitative estimate of drug-likeness (QED) is 0.757. The van der Waals surface area contributed by atoms with Crippen LogP contribution in [0.25, 0.3) is 11.4 Å². The Morgan fingerprint density at radius 2 is 2.11 bits per heavy atom. The average Bonchev–Trinajstić information content (AvgIpc) is 3.16. The zero-order valence-electron chi connectivity index (χ0n) is 16.4. The van der Waals surface area contributed by atoms with Crippen LogP contribution in [0, 0.1) is 18.7 Å². The van der Waals surface area contributed by atoms with Gasteiger partial charge in [-0.15, -0.1) is 12.4 Å². The molecule has 0 unspecified atom stereocenters. The molecule has 0 radical (unpaired) electrons. The number of likely N-dealkylation sites (tertiary alicyclic amines) is 1. The van der Waals surface area contributed by atoms with Crippen molar-refractivity contribution in [3.63, 3.8) is 0 Å². The number of carbonyl (C=O) groups excluding carboxylic acids is 1. The smallest absolute Gasteiger partial charge is 0.227 e. The van der Waals surface area contributed by atoms with Crippen LogP contribution in [0.2, 0.25) is 0 Å². The van der Waals surface area contributed by atoms with Crippen molar-refractivity contribution < 1.29 is 13.7 Å². The number of nitrogens with one attached hydrogen (secondary N) is 1. The Morgan fingerprint density at radius 1 is 1.36 bits per heavy atom. The van der Waals surface area contributed by atoms with E-state index in [2.05, 4.69) is 22.4 Å². The summed E-state index contributed by atoms with van der Waals surface area (Å²) in [6, 6.07) is 4.70. The number of carbonyl (C=O) groups is 1. The first-order valence-electron chi connectivity index (χ1n) is 9.64. The van der Waals surface area contributed by atoms with Gasteiger partial charge in [0.25, 0.3) is 0 Å². The fraction of sp³-hybridized carbons (Fsp3) is 0.550. The van der Waals surface area contributed by atoms with Gasteiger partial charge in [0.2, 0.25) is 17.6 Å². The molecule has 0 spiro atoms. The van der Waals surface area contributed by atoms with E-state index in [9.17, 15) is 9.18 Å². The number of benzene rings is 1. The van der Waals surface area contributed by atoms with E-state index in [1.165, 1.54) is 6.07 Å². The molecule has 1 amide bonds. The molecule has 1 aliphatic rings. The third-order valence-electron chi connectivity index (χ3n) is 5.09. The molecule has 154 valence electrons. The molecule has 1 aromatic carbocycles. The fourth-order valence-electron chi connectivity index (χ4n) is 3.36. The summed E-state index contributed by atoms with van der Waals surface area (Å²) in [5.41, 5.74) is 1.24. The van der Waals surface area contributed by atoms with Crippen molar-refractivity contribution >= 4 is 18.3 Å². The molecule has 8 heteroatoms. The summed E-state index contributed by atoms with van der Waals surface area (Å²) in [7, 11) is 0. The van der Waals surface area contributed by atoms with Gasteiger partial charge in [-0.2, -0.15) is 4.98 Å². The lowest BCUT2D eigenvalue weighted by atomic mass is 9.96. The van der Waals surface area contributed by atoms with Gasteiger partial charge in [0, 0.05) is 31.5 Å². The molecule has 1 aromatic heterocycles. The molecule has 1 saturated heterocycles. The van der Waals surface area contributed by atoms with E-state index in [1.54, 1.807) is 19.1 Å². The predicted octanol–water partition coefficient (Wildman–Crippen LogP) is 3.39. The Hall–Kier alpha value is -1.99. The standard InChI is InChI=1S/C20H27FN4O2.ClH/c1-3-22-13-15-8-10-25(11-9-15)19(26)7-6-18-23-20(24-27-18)16-4-5-17(21)14(2)12-16;/h4-5,12,15,22H,3,6-11,13H2,1-2H3;1H. The highest BCUT2D eigenvalue weighted by Crippen LogP contribution is 2.20. The van der Waals surface area contributed by atoms with Crippen molar-refractivity contribution in [2.75, 3.05) is 26.2 Å². The van der Waals surface area contributed by atoms with Crippen molar-refractivity contribution in [1.82, 2.24) is 20.4 Å². The molecule has 2 aromatic rings. The van der Waals surface area contributed by atoms with E-state index in [0.29, 0.717) is 41.6 Å². The van der Waals surface area contributed by atoms with Gasteiger partial charge in [-0.1, -0.05) is 12.1 Å². The number of aryl methyl sites for hydroxylation is 2. The molecule has 2 heterocycles. The van der Waals surface area contributed by atoms with Crippen molar-refractivity contribution in [3.05, 3.63) is 35.5 Å². The summed E-state index contributed by atoms with van der Waals surface area (Å²) in [5, 5.41) is 7.32. The Balaban J connectivity index is 0.00000280. The van der Waals surface area contributed by atoms with Gasteiger partial charge in [-0.25, -0.2) is 4.39 Å². The normalized spacial score (nSPS) is 14.8. The largest absolute Gasteiger partial charge is 0.343 e. The SMILES string of the molecule is CCNCC1CCN(C(=O)CCc2nc(-c3ccc(F)c(C)c3)no2)CC1.Cl. The van der Waals surface area contributed by atoms with Gasteiger partial charge in [0.05, 0.1) is 0 Å². The Kier molecular flexibility index (Phi) is 8.38. The van der Waals surface area contributed by atoms with Crippen LogP contribution in [0.4, 0.5) is 4.39 Å². The van der Waals surface area contributed by atoms with Crippen LogP contribution in [-0.4, -0.2) is 47.1 Å². The summed E-state index contributed by atoms with van der Waals surface area (Å²) >= 11 is 0. The maximum atomic E-state index is 13.4. The first kappa shape index (κ1) is 22.3. The molecule has 6 nitrogen and oxygen atoms in total. The van der Waals surface area contributed by atoms with Gasteiger partial charge < -0.3 is 14.7 Å². The highest BCUT2D eigenvalue weighted by atomic mass is 35.5. The van der Waals surface area contributed by atoms with Crippen LogP contribution in [0.5, 0.6) is 0 Å². The summed E-state index contributed by atoms with van der Waals surface area (Å²) in [5.74, 6) is 1.38. The molecule has 0 atom stereocenters. The number of nitrogens with zero attached hydrogens (tertiary/aromatic N) is 3. The van der Waals surface area contributed by atoms with Crippen LogP contribution in [-0.2, 0) is 11.2 Å². The molecule has 1 N–H and O–H groups in total. The van der Waals surface area contributed by atoms with E-state index in [0.717, 1.165) is 39.0 Å². The minimum atomic E-state index is -0.262. The molecular formula is C20H28ClFN4O2. The number of rotatable bonds is 7. The van der Waals surface area contributed by atoms with E-state index in [4.69, 9.17) is 4.52 Å². The maximum absolute atomic E-state index is 13.4. The van der Waals surface area contributed by atoms with Gasteiger partial charge in [-0.3, -0.25) is 4.79 Å². The van der Waals surface area contributed by atoms with Crippen molar-refractivity contribution in [2.45, 2.75) is 39.5 Å². The fourth-order valence-corrected chi connectivity index (χ4v) is 3.36. The number of hydrogen-bond donors (Lipinski definition) is 1. The van der Waals surface area contributed by atoms with Crippen molar-refractivity contribution in [3.8, 4) is 11.4 Å². The molecule has 0 aliphatic carbocycles. The number of amides is 1. The minimum Gasteiger partial charge on any atom is -0.343 e. The first-order chi connectivity index (χ1) is 13.1. The zero-order chi connectivity index (χ0) is 19.2. The molecule has 1 fully saturated rings. The van der Waals surface area contributed by atoms with Gasteiger partial charge in [-0.05, 0) is 62.5 Å². The van der Waals surface area contributed by atoms with E-state index >= 15 is 0 Å². The topological polar surface area (TPSA) is 71.3 Å². The number of halogens is 2. The van der Waals surface area contributed by atoms with Crippen LogP contribution < -0.4 is 5.32 Å². The second kappa shape index (κ2) is 10.5. The summed E-state index contributed by atoms with van der Waals surface area (Å²) < 4.78 is 18.6. The second-order valence-electron chi connectivity index (χ2n) is 7.11. The van der Waals surface area contributed by atoms with Crippen LogP contribution in [0.15, 0.2) is 22.7 Å². The Labute approximate surface area is 171 Å². The van der Waals surface area contributed by atoms with E-state index in [-0.39, 0.29) is 24.1 Å². The van der Waals surface area contributed by atoms with Crippen LogP contribution in [0.1, 0.15) is 37.6 Å². The van der Waals surface area contributed by atoms with Crippen molar-refractivity contribution in [2.24, 2.45) is 5.92 Å². The van der Waals surface area contributed by atoms with E-state index < -0.39 is 0 Å². The van der Waals surface area contributed by atoms with Crippen molar-refractivity contribution in [1.29, 1.82) is 0 Å². The third kappa shape index (κ3) is 5.75. The first-order valence-corrected chi connectivity index (χ1v) is 9.64. The number of hydrogen-bond acceptors (Lipinski definition) is 5. The Morgan fingerprint density at radius 3 is 2.79 bits per heavy atom. The maximum Gasteiger partial charge on any atom is 0.227 e. The summed E-state index contributed by atoms with van der Waals surface area (Å²) in [6.45, 7) is 7.46. The molecule has 1 aliphatic heterocycles. The second-order valence-corrected chi connectivity index (χ2v) is 7.11. The highest BCUT2D eigenvalue weighted by Gasteiger charge is 2.22. The minimum absolute atomic E-state index is 0. The Bertz CT molecular complexity index is 775. The average molecular weight is 411 g/mol. The van der Waals surface area contributed by atoms with Crippen LogP contribution in [0.3, 0.4) is 0 Å². The van der Waals surface area contributed by atoms with Gasteiger partial charge in [0.1, 0.15) is 5.82 Å². The number of piperidine rings is 1. The zero-order valence-corrected chi connectivity index (χ0v) is 17.2. The van der Waals surface area contributed by atoms with Gasteiger partial charge in [0.15, 0.2) is 0 Å². The van der Waals surface area contributed by atoms with Gasteiger partial charge >= 0.3 is 0 Å². The molecule has 0 saturated carbocycles. The summed E-state index contributed by atoms with van der Waals surface area (Å²) in [6.07, 6.45) is 2.88.